The van der Waals surface area contributed by atoms with Gasteiger partial charge in [0.05, 0.1) is 12.7 Å². The third-order valence-electron chi connectivity index (χ3n) is 3.90. The molecule has 1 fully saturated rings. The van der Waals surface area contributed by atoms with Gasteiger partial charge in [0.1, 0.15) is 0 Å². The average molecular weight is 317 g/mol. The predicted molar refractivity (Wildman–Crippen MR) is 87.7 cm³/mol. The number of nitrogens with two attached hydrogens (primary N) is 1. The second-order valence-electron chi connectivity index (χ2n) is 5.39. The minimum absolute atomic E-state index is 0.388. The number of benzene rings is 1. The van der Waals surface area contributed by atoms with E-state index in [1.807, 2.05) is 29.5 Å². The monoisotopic (exact) mass is 317 g/mol. The molecule has 1 aliphatic rings. The molecule has 0 radical (unpaired) electrons. The van der Waals surface area contributed by atoms with Crippen LogP contribution in [0, 0.1) is 0 Å². The molecule has 1 amide bonds. The van der Waals surface area contributed by atoms with Crippen molar-refractivity contribution in [2.45, 2.75) is 23.0 Å². The zero-order valence-corrected chi connectivity index (χ0v) is 13.3. The minimum Gasteiger partial charge on any atom is -0.366 e. The van der Waals surface area contributed by atoms with Crippen LogP contribution < -0.4 is 5.73 Å². The number of aromatic nitrogens is 1. The van der Waals surface area contributed by atoms with Gasteiger partial charge in [0.2, 0.25) is 5.91 Å². The first-order chi connectivity index (χ1) is 10.7. The summed E-state index contributed by atoms with van der Waals surface area (Å²) in [5, 5.41) is 4.36. The molecule has 1 aromatic carbocycles. The van der Waals surface area contributed by atoms with Crippen molar-refractivity contribution in [1.29, 1.82) is 0 Å². The first kappa shape index (κ1) is 15.3. The van der Waals surface area contributed by atoms with Crippen LogP contribution in [0.1, 0.15) is 23.2 Å². The largest absolute Gasteiger partial charge is 0.366 e. The van der Waals surface area contributed by atoms with Gasteiger partial charge < -0.3 is 10.6 Å². The Morgan fingerprint density at radius 3 is 3.09 bits per heavy atom. The predicted octanol–water partition coefficient (Wildman–Crippen LogP) is 2.45. The van der Waals surface area contributed by atoms with E-state index < -0.39 is 0 Å². The number of piperidine rings is 1. The van der Waals surface area contributed by atoms with Gasteiger partial charge in [-0.3, -0.25) is 9.78 Å². The zero-order chi connectivity index (χ0) is 15.5. The van der Waals surface area contributed by atoms with Crippen molar-refractivity contribution < 1.29 is 9.63 Å². The fraction of sp³-hybridized carbons (Fsp3) is 0.375. The molecule has 0 bridgehead atoms. The molecule has 0 aliphatic carbocycles. The highest BCUT2D eigenvalue weighted by Gasteiger charge is 2.22. The van der Waals surface area contributed by atoms with Gasteiger partial charge in [0.15, 0.2) is 0 Å². The summed E-state index contributed by atoms with van der Waals surface area (Å²) in [6, 6.07) is 5.76. The molecule has 6 heteroatoms. The van der Waals surface area contributed by atoms with Gasteiger partial charge in [-0.25, -0.2) is 0 Å². The van der Waals surface area contributed by atoms with E-state index >= 15 is 0 Å². The van der Waals surface area contributed by atoms with Crippen LogP contribution in [-0.4, -0.2) is 41.4 Å². The van der Waals surface area contributed by atoms with Crippen LogP contribution in [0.3, 0.4) is 0 Å². The summed E-state index contributed by atoms with van der Waals surface area (Å²) in [6.45, 7) is 1.81. The van der Waals surface area contributed by atoms with Gasteiger partial charge >= 0.3 is 0 Å². The number of hydroxylamine groups is 2. The summed E-state index contributed by atoms with van der Waals surface area (Å²) in [7, 11) is 1.70. The normalized spacial score (nSPS) is 19.4. The maximum absolute atomic E-state index is 11.8. The van der Waals surface area contributed by atoms with Crippen LogP contribution >= 0.6 is 11.8 Å². The number of fused-ring (bicyclic) bond motifs is 1. The van der Waals surface area contributed by atoms with Crippen molar-refractivity contribution in [3.05, 3.63) is 36.2 Å². The lowest BCUT2D eigenvalue weighted by Crippen LogP contribution is -2.36. The number of carbonyl (C=O) groups is 1. The number of amides is 1. The first-order valence-corrected chi connectivity index (χ1v) is 8.18. The fourth-order valence-electron chi connectivity index (χ4n) is 2.75. The summed E-state index contributed by atoms with van der Waals surface area (Å²) in [5.74, 6) is -0.388. The van der Waals surface area contributed by atoms with Crippen LogP contribution in [0.2, 0.25) is 0 Å². The SMILES string of the molecule is CON1CCC[C@H](Sc2cc3cnccc3cc2C(N)=O)C1. The van der Waals surface area contributed by atoms with E-state index in [2.05, 4.69) is 4.98 Å². The molecule has 0 saturated carbocycles. The smallest absolute Gasteiger partial charge is 0.249 e. The Morgan fingerprint density at radius 2 is 2.32 bits per heavy atom. The summed E-state index contributed by atoms with van der Waals surface area (Å²) in [4.78, 5) is 22.2. The number of hydrogen-bond acceptors (Lipinski definition) is 5. The average Bonchev–Trinajstić information content (AvgIpc) is 2.54. The zero-order valence-electron chi connectivity index (χ0n) is 12.5. The fourth-order valence-corrected chi connectivity index (χ4v) is 4.12. The molecule has 2 heterocycles. The van der Waals surface area contributed by atoms with Crippen LogP contribution in [-0.2, 0) is 4.84 Å². The maximum Gasteiger partial charge on any atom is 0.249 e. The van der Waals surface area contributed by atoms with Gasteiger partial charge in [0, 0.05) is 41.0 Å². The second-order valence-corrected chi connectivity index (χ2v) is 6.73. The maximum atomic E-state index is 11.8. The molecule has 3 rings (SSSR count). The Hall–Kier alpha value is -1.63. The van der Waals surface area contributed by atoms with Crippen LogP contribution in [0.15, 0.2) is 35.5 Å². The molecule has 2 aromatic rings. The lowest BCUT2D eigenvalue weighted by molar-refractivity contribution is -0.139. The third kappa shape index (κ3) is 3.24. The van der Waals surface area contributed by atoms with Gasteiger partial charge in [-0.05, 0) is 36.4 Å². The highest BCUT2D eigenvalue weighted by molar-refractivity contribution is 8.00. The Kier molecular flexibility index (Phi) is 4.61. The lowest BCUT2D eigenvalue weighted by atomic mass is 10.1. The molecule has 1 aliphatic heterocycles. The first-order valence-electron chi connectivity index (χ1n) is 7.30. The third-order valence-corrected chi connectivity index (χ3v) is 5.21. The molecule has 2 N–H and O–H groups in total. The number of thioether (sulfide) groups is 1. The van der Waals surface area contributed by atoms with Crippen molar-refractivity contribution in [3.63, 3.8) is 0 Å². The highest BCUT2D eigenvalue weighted by Crippen LogP contribution is 2.34. The van der Waals surface area contributed by atoms with Gasteiger partial charge in [-0.1, -0.05) is 0 Å². The standard InChI is InChI=1S/C16H19N3O2S/c1-21-19-6-2-3-13(10-19)22-15-8-12-9-18-5-4-11(12)7-14(15)16(17)20/h4-5,7-9,13H,2-3,6,10H2,1H3,(H2,17,20)/t13-/m0/s1. The lowest BCUT2D eigenvalue weighted by Gasteiger charge is -2.30. The summed E-state index contributed by atoms with van der Waals surface area (Å²) >= 11 is 1.70. The van der Waals surface area contributed by atoms with E-state index in [1.165, 1.54) is 0 Å². The van der Waals surface area contributed by atoms with Gasteiger partial charge in [-0.2, -0.15) is 5.06 Å². The molecule has 0 unspecified atom stereocenters. The molecule has 1 aromatic heterocycles. The molecule has 0 spiro atoms. The van der Waals surface area contributed by atoms with E-state index in [4.69, 9.17) is 10.6 Å². The van der Waals surface area contributed by atoms with Crippen molar-refractivity contribution in [1.82, 2.24) is 10.0 Å². The number of nitrogens with zero attached hydrogens (tertiary/aromatic N) is 2. The van der Waals surface area contributed by atoms with Crippen LogP contribution in [0.5, 0.6) is 0 Å². The van der Waals surface area contributed by atoms with Crippen molar-refractivity contribution in [2.75, 3.05) is 20.2 Å². The minimum atomic E-state index is -0.388. The highest BCUT2D eigenvalue weighted by atomic mass is 32.2. The number of rotatable bonds is 4. The summed E-state index contributed by atoms with van der Waals surface area (Å²) < 4.78 is 0. The molecule has 5 nitrogen and oxygen atoms in total. The number of carbonyl (C=O) groups excluding carboxylic acids is 1. The molecule has 1 atom stereocenters. The topological polar surface area (TPSA) is 68.4 Å². The molecule has 1 saturated heterocycles. The second kappa shape index (κ2) is 6.64. The molecule has 116 valence electrons. The van der Waals surface area contributed by atoms with Gasteiger partial charge in [0.25, 0.3) is 0 Å². The Labute approximate surface area is 133 Å². The van der Waals surface area contributed by atoms with E-state index in [0.29, 0.717) is 10.8 Å². The van der Waals surface area contributed by atoms with Gasteiger partial charge in [-0.15, -0.1) is 11.8 Å². The van der Waals surface area contributed by atoms with E-state index in [9.17, 15) is 4.79 Å². The van der Waals surface area contributed by atoms with Crippen molar-refractivity contribution in [3.8, 4) is 0 Å². The summed E-state index contributed by atoms with van der Waals surface area (Å²) in [5.41, 5.74) is 6.14. The molecule has 22 heavy (non-hydrogen) atoms. The Balaban J connectivity index is 1.91. The number of pyridine rings is 1. The quantitative estimate of drug-likeness (QED) is 0.938. The molecular formula is C16H19N3O2S. The van der Waals surface area contributed by atoms with Crippen molar-refractivity contribution >= 4 is 28.4 Å². The summed E-state index contributed by atoms with van der Waals surface area (Å²) in [6.07, 6.45) is 5.73. The van der Waals surface area contributed by atoms with Crippen molar-refractivity contribution in [2.24, 2.45) is 5.73 Å². The van der Waals surface area contributed by atoms with E-state index in [1.54, 1.807) is 25.1 Å². The number of primary amides is 1. The van der Waals surface area contributed by atoms with E-state index in [0.717, 1.165) is 41.6 Å². The van der Waals surface area contributed by atoms with Crippen LogP contribution in [0.4, 0.5) is 0 Å². The Bertz CT molecular complexity index is 692. The molecular weight excluding hydrogens is 298 g/mol. The van der Waals surface area contributed by atoms with E-state index in [-0.39, 0.29) is 5.91 Å². The number of hydrogen-bond donors (Lipinski definition) is 1. The Morgan fingerprint density at radius 1 is 1.45 bits per heavy atom. The van der Waals surface area contributed by atoms with Crippen LogP contribution in [0.25, 0.3) is 10.8 Å².